The number of carbonyl (C=O) groups excluding carboxylic acids is 2. The van der Waals surface area contributed by atoms with Gasteiger partial charge in [-0.3, -0.25) is 14.9 Å². The third-order valence-corrected chi connectivity index (χ3v) is 3.82. The van der Waals surface area contributed by atoms with Crippen LogP contribution in [0.25, 0.3) is 0 Å². The van der Waals surface area contributed by atoms with Crippen LogP contribution in [0.15, 0.2) is 24.3 Å². The fourth-order valence-corrected chi connectivity index (χ4v) is 2.45. The van der Waals surface area contributed by atoms with Gasteiger partial charge in [-0.15, -0.1) is 12.4 Å². The molecule has 1 heterocycles. The second-order valence-corrected chi connectivity index (χ2v) is 5.60. The van der Waals surface area contributed by atoms with Gasteiger partial charge in [-0.2, -0.15) is 0 Å². The quantitative estimate of drug-likeness (QED) is 0.518. The second-order valence-electron chi connectivity index (χ2n) is 5.60. The minimum absolute atomic E-state index is 0. The van der Waals surface area contributed by atoms with Crippen LogP contribution in [0.4, 0.5) is 10.5 Å². The second kappa shape index (κ2) is 9.80. The molecular formula is C15H22ClN5O4. The Balaban J connectivity index is 0.00000312. The molecule has 0 radical (unpaired) electrons. The van der Waals surface area contributed by atoms with E-state index in [1.54, 1.807) is 17.0 Å². The summed E-state index contributed by atoms with van der Waals surface area (Å²) in [5, 5.41) is 18.9. The highest BCUT2D eigenvalue weighted by atomic mass is 35.5. The molecular weight excluding hydrogens is 350 g/mol. The van der Waals surface area contributed by atoms with E-state index in [4.69, 9.17) is 0 Å². The summed E-state index contributed by atoms with van der Waals surface area (Å²) in [5.41, 5.74) is 0.733. The maximum absolute atomic E-state index is 12.1. The van der Waals surface area contributed by atoms with Crippen LogP contribution in [-0.2, 0) is 11.3 Å². The standard InChI is InChI=1S/C15H21N5O4.ClH/c1-11-8-16-6-7-19(11)14(21)10-18-15(22)17-9-12-2-4-13(5-3-12)20(23)24;/h2-5,11,16H,6-10H2,1H3,(H2,17,18,22);1H/t11-;/m1./s1. The lowest BCUT2D eigenvalue weighted by Crippen LogP contribution is -2.55. The van der Waals surface area contributed by atoms with Gasteiger partial charge in [0.05, 0.1) is 11.5 Å². The summed E-state index contributed by atoms with van der Waals surface area (Å²) in [6.45, 7) is 4.25. The maximum atomic E-state index is 12.1. The number of non-ortho nitro benzene ring substituents is 1. The Hall–Kier alpha value is -2.39. The maximum Gasteiger partial charge on any atom is 0.315 e. The van der Waals surface area contributed by atoms with E-state index >= 15 is 0 Å². The van der Waals surface area contributed by atoms with Gasteiger partial charge in [0.2, 0.25) is 5.91 Å². The Morgan fingerprint density at radius 3 is 2.60 bits per heavy atom. The molecule has 3 N–H and O–H groups in total. The molecule has 25 heavy (non-hydrogen) atoms. The molecule has 9 nitrogen and oxygen atoms in total. The molecule has 0 aliphatic carbocycles. The Bertz CT molecular complexity index is 610. The summed E-state index contributed by atoms with van der Waals surface area (Å²) < 4.78 is 0. The Morgan fingerprint density at radius 1 is 1.32 bits per heavy atom. The molecule has 1 saturated heterocycles. The minimum Gasteiger partial charge on any atom is -0.336 e. The Labute approximate surface area is 151 Å². The number of halogens is 1. The van der Waals surface area contributed by atoms with Crippen LogP contribution in [0, 0.1) is 10.1 Å². The van der Waals surface area contributed by atoms with Gasteiger partial charge in [-0.05, 0) is 12.5 Å². The van der Waals surface area contributed by atoms with E-state index in [9.17, 15) is 19.7 Å². The zero-order valence-corrected chi connectivity index (χ0v) is 14.7. The topological polar surface area (TPSA) is 117 Å². The number of nitrogens with zero attached hydrogens (tertiary/aromatic N) is 2. The van der Waals surface area contributed by atoms with Crippen molar-refractivity contribution >= 4 is 30.0 Å². The number of nitro benzene ring substituents is 1. The lowest BCUT2D eigenvalue weighted by molar-refractivity contribution is -0.384. The van der Waals surface area contributed by atoms with Gasteiger partial charge in [-0.25, -0.2) is 4.79 Å². The monoisotopic (exact) mass is 371 g/mol. The van der Waals surface area contributed by atoms with Gasteiger partial charge in [0.15, 0.2) is 0 Å². The molecule has 0 bridgehead atoms. The van der Waals surface area contributed by atoms with Crippen LogP contribution in [0.1, 0.15) is 12.5 Å². The summed E-state index contributed by atoms with van der Waals surface area (Å²) in [6.07, 6.45) is 0. The van der Waals surface area contributed by atoms with E-state index < -0.39 is 11.0 Å². The van der Waals surface area contributed by atoms with Crippen molar-refractivity contribution in [3.8, 4) is 0 Å². The first-order valence-corrected chi connectivity index (χ1v) is 7.72. The smallest absolute Gasteiger partial charge is 0.315 e. The molecule has 0 aromatic heterocycles. The number of carbonyl (C=O) groups is 2. The van der Waals surface area contributed by atoms with Gasteiger partial charge < -0.3 is 20.9 Å². The normalized spacial score (nSPS) is 16.5. The number of piperazine rings is 1. The van der Waals surface area contributed by atoms with Crippen LogP contribution >= 0.6 is 12.4 Å². The predicted octanol–water partition coefficient (Wildman–Crippen LogP) is 0.636. The Morgan fingerprint density at radius 2 is 2.00 bits per heavy atom. The van der Waals surface area contributed by atoms with E-state index in [1.807, 2.05) is 6.92 Å². The summed E-state index contributed by atoms with van der Waals surface area (Å²) in [7, 11) is 0. The third-order valence-electron chi connectivity index (χ3n) is 3.82. The van der Waals surface area contributed by atoms with Gasteiger partial charge in [0, 0.05) is 44.4 Å². The van der Waals surface area contributed by atoms with Gasteiger partial charge >= 0.3 is 6.03 Å². The zero-order valence-electron chi connectivity index (χ0n) is 13.9. The number of hydrogen-bond donors (Lipinski definition) is 3. The molecule has 3 amide bonds. The number of amides is 3. The average Bonchev–Trinajstić information content (AvgIpc) is 2.58. The molecule has 1 atom stereocenters. The van der Waals surface area contributed by atoms with Crippen molar-refractivity contribution in [2.45, 2.75) is 19.5 Å². The van der Waals surface area contributed by atoms with Crippen molar-refractivity contribution < 1.29 is 14.5 Å². The van der Waals surface area contributed by atoms with Gasteiger partial charge in [0.25, 0.3) is 5.69 Å². The van der Waals surface area contributed by atoms with E-state index in [0.29, 0.717) is 6.54 Å². The summed E-state index contributed by atoms with van der Waals surface area (Å²) in [4.78, 5) is 35.7. The fraction of sp³-hybridized carbons (Fsp3) is 0.467. The molecule has 1 fully saturated rings. The van der Waals surface area contributed by atoms with Crippen molar-refractivity contribution in [1.82, 2.24) is 20.9 Å². The van der Waals surface area contributed by atoms with E-state index in [-0.39, 0.29) is 43.1 Å². The first kappa shape index (κ1) is 20.7. The third kappa shape index (κ3) is 6.20. The van der Waals surface area contributed by atoms with E-state index in [1.165, 1.54) is 12.1 Å². The van der Waals surface area contributed by atoms with Crippen molar-refractivity contribution in [1.29, 1.82) is 0 Å². The van der Waals surface area contributed by atoms with Gasteiger partial charge in [-0.1, -0.05) is 12.1 Å². The van der Waals surface area contributed by atoms with Crippen molar-refractivity contribution in [3.63, 3.8) is 0 Å². The summed E-state index contributed by atoms with van der Waals surface area (Å²) >= 11 is 0. The van der Waals surface area contributed by atoms with Crippen LogP contribution in [0.2, 0.25) is 0 Å². The summed E-state index contributed by atoms with van der Waals surface area (Å²) in [6, 6.07) is 5.56. The molecule has 1 aliphatic rings. The van der Waals surface area contributed by atoms with Crippen LogP contribution in [0.5, 0.6) is 0 Å². The number of urea groups is 1. The zero-order chi connectivity index (χ0) is 17.5. The number of benzene rings is 1. The minimum atomic E-state index is -0.480. The number of rotatable bonds is 5. The SMILES string of the molecule is C[C@@H]1CNCCN1C(=O)CNC(=O)NCc1ccc([N+](=O)[O-])cc1.Cl. The molecule has 0 unspecified atom stereocenters. The lowest BCUT2D eigenvalue weighted by atomic mass is 10.2. The van der Waals surface area contributed by atoms with Crippen LogP contribution in [-0.4, -0.2) is 54.0 Å². The number of nitro groups is 1. The average molecular weight is 372 g/mol. The molecule has 10 heteroatoms. The van der Waals surface area contributed by atoms with Crippen LogP contribution in [0.3, 0.4) is 0 Å². The molecule has 0 spiro atoms. The van der Waals surface area contributed by atoms with Crippen molar-refractivity contribution in [2.75, 3.05) is 26.2 Å². The van der Waals surface area contributed by atoms with Crippen LogP contribution < -0.4 is 16.0 Å². The molecule has 0 saturated carbocycles. The molecule has 138 valence electrons. The number of hydrogen-bond acceptors (Lipinski definition) is 5. The Kier molecular flexibility index (Phi) is 8.09. The molecule has 2 rings (SSSR count). The molecule has 1 aromatic carbocycles. The fourth-order valence-electron chi connectivity index (χ4n) is 2.45. The first-order valence-electron chi connectivity index (χ1n) is 7.72. The summed E-state index contributed by atoms with van der Waals surface area (Å²) in [5.74, 6) is -0.116. The molecule has 1 aromatic rings. The number of nitrogens with one attached hydrogen (secondary N) is 3. The van der Waals surface area contributed by atoms with Crippen molar-refractivity contribution in [2.24, 2.45) is 0 Å². The molecule has 1 aliphatic heterocycles. The van der Waals surface area contributed by atoms with E-state index in [2.05, 4.69) is 16.0 Å². The van der Waals surface area contributed by atoms with E-state index in [0.717, 1.165) is 18.7 Å². The largest absolute Gasteiger partial charge is 0.336 e. The van der Waals surface area contributed by atoms with Crippen molar-refractivity contribution in [3.05, 3.63) is 39.9 Å². The highest BCUT2D eigenvalue weighted by Crippen LogP contribution is 2.11. The van der Waals surface area contributed by atoms with Gasteiger partial charge in [0.1, 0.15) is 0 Å². The first-order chi connectivity index (χ1) is 11.5. The highest BCUT2D eigenvalue weighted by molar-refractivity contribution is 5.85. The predicted molar refractivity (Wildman–Crippen MR) is 94.6 cm³/mol. The highest BCUT2D eigenvalue weighted by Gasteiger charge is 2.22. The lowest BCUT2D eigenvalue weighted by Gasteiger charge is -2.34.